The molecule has 2 amide bonds. The van der Waals surface area contributed by atoms with Crippen LogP contribution in [0.1, 0.15) is 28.1 Å². The van der Waals surface area contributed by atoms with E-state index in [1.165, 1.54) is 16.9 Å². The van der Waals surface area contributed by atoms with E-state index in [9.17, 15) is 9.59 Å². The fourth-order valence-corrected chi connectivity index (χ4v) is 4.12. The topological polar surface area (TPSA) is 114 Å². The minimum absolute atomic E-state index is 0.201. The van der Waals surface area contributed by atoms with Crippen LogP contribution < -0.4 is 10.6 Å². The molecule has 0 spiro atoms. The van der Waals surface area contributed by atoms with Crippen LogP contribution in [0.15, 0.2) is 29.2 Å². The molecule has 2 aromatic heterocycles. The van der Waals surface area contributed by atoms with Crippen LogP contribution in [0.4, 0.5) is 0 Å². The van der Waals surface area contributed by atoms with Gasteiger partial charge in [-0.3, -0.25) is 9.59 Å². The Morgan fingerprint density at radius 3 is 2.65 bits per heavy atom. The molecule has 1 aromatic carbocycles. The molecule has 0 bridgehead atoms. The zero-order valence-electron chi connectivity index (χ0n) is 17.6. The van der Waals surface area contributed by atoms with Crippen LogP contribution in [-0.4, -0.2) is 50.5 Å². The number of carbonyl (C=O) groups is 2. The highest BCUT2D eigenvalue weighted by Crippen LogP contribution is 2.20. The predicted octanol–water partition coefficient (Wildman–Crippen LogP) is 1.39. The van der Waals surface area contributed by atoms with Gasteiger partial charge in [-0.05, 0) is 31.9 Å². The summed E-state index contributed by atoms with van der Waals surface area (Å²) < 4.78 is 6.74. The summed E-state index contributed by atoms with van der Waals surface area (Å²) in [6.45, 7) is 6.72. The van der Waals surface area contributed by atoms with Crippen molar-refractivity contribution in [3.8, 4) is 5.69 Å². The average Bonchev–Trinajstić information content (AvgIpc) is 3.25. The first-order chi connectivity index (χ1) is 14.9. The van der Waals surface area contributed by atoms with Crippen molar-refractivity contribution in [2.24, 2.45) is 0 Å². The SMILES string of the molecule is Cc1cc(C)c(-n2cc(CNC(=O)C(Cc3cscn3)NC(=O)C3CO3)nn2)c(C)c1. The summed E-state index contributed by atoms with van der Waals surface area (Å²) in [5, 5.41) is 15.9. The maximum Gasteiger partial charge on any atom is 0.252 e. The van der Waals surface area contributed by atoms with E-state index in [0.29, 0.717) is 18.7 Å². The maximum absolute atomic E-state index is 12.8. The summed E-state index contributed by atoms with van der Waals surface area (Å²) >= 11 is 1.44. The first-order valence-electron chi connectivity index (χ1n) is 9.97. The number of rotatable bonds is 8. The molecule has 3 aromatic rings. The second kappa shape index (κ2) is 8.94. The lowest BCUT2D eigenvalue weighted by Gasteiger charge is -2.16. The van der Waals surface area contributed by atoms with Gasteiger partial charge in [0.1, 0.15) is 11.7 Å². The van der Waals surface area contributed by atoms with Gasteiger partial charge in [0.2, 0.25) is 5.91 Å². The second-order valence-electron chi connectivity index (χ2n) is 7.69. The highest BCUT2D eigenvalue weighted by Gasteiger charge is 2.34. The average molecular weight is 441 g/mol. The summed E-state index contributed by atoms with van der Waals surface area (Å²) in [6, 6.07) is 3.46. The van der Waals surface area contributed by atoms with Crippen molar-refractivity contribution in [2.45, 2.75) is 45.9 Å². The molecule has 9 nitrogen and oxygen atoms in total. The normalized spacial score (nSPS) is 16.0. The first-order valence-corrected chi connectivity index (χ1v) is 10.9. The van der Waals surface area contributed by atoms with E-state index < -0.39 is 12.1 Å². The Kier molecular flexibility index (Phi) is 6.10. The van der Waals surface area contributed by atoms with Crippen molar-refractivity contribution < 1.29 is 14.3 Å². The lowest BCUT2D eigenvalue weighted by molar-refractivity contribution is -0.129. The molecule has 10 heteroatoms. The maximum atomic E-state index is 12.8. The first kappa shape index (κ1) is 21.1. The molecule has 0 radical (unpaired) electrons. The van der Waals surface area contributed by atoms with Gasteiger partial charge in [0.05, 0.1) is 36.2 Å². The molecule has 2 unspecified atom stereocenters. The molecule has 162 valence electrons. The number of carbonyl (C=O) groups excluding carboxylic acids is 2. The number of amides is 2. The van der Waals surface area contributed by atoms with E-state index in [4.69, 9.17) is 4.74 Å². The number of benzene rings is 1. The number of hydrogen-bond donors (Lipinski definition) is 2. The van der Waals surface area contributed by atoms with E-state index in [1.54, 1.807) is 16.4 Å². The molecule has 1 aliphatic rings. The lowest BCUT2D eigenvalue weighted by atomic mass is 10.1. The Morgan fingerprint density at radius 2 is 2.00 bits per heavy atom. The number of epoxide rings is 1. The molecule has 1 aliphatic heterocycles. The van der Waals surface area contributed by atoms with Gasteiger partial charge >= 0.3 is 0 Å². The number of ether oxygens (including phenoxy) is 1. The van der Waals surface area contributed by atoms with E-state index in [1.807, 2.05) is 19.2 Å². The third-order valence-electron chi connectivity index (χ3n) is 5.00. The molecule has 1 saturated heterocycles. The zero-order valence-corrected chi connectivity index (χ0v) is 18.4. The molecule has 4 rings (SSSR count). The van der Waals surface area contributed by atoms with Gasteiger partial charge in [-0.25, -0.2) is 9.67 Å². The van der Waals surface area contributed by atoms with Crippen LogP contribution in [0.5, 0.6) is 0 Å². The van der Waals surface area contributed by atoms with Gasteiger partial charge in [-0.1, -0.05) is 22.9 Å². The summed E-state index contributed by atoms with van der Waals surface area (Å²) in [5.74, 6) is -0.592. The van der Waals surface area contributed by atoms with Crippen LogP contribution >= 0.6 is 11.3 Å². The van der Waals surface area contributed by atoms with Crippen molar-refractivity contribution in [2.75, 3.05) is 6.61 Å². The summed E-state index contributed by atoms with van der Waals surface area (Å²) in [4.78, 5) is 29.1. The summed E-state index contributed by atoms with van der Waals surface area (Å²) in [5.41, 5.74) is 7.45. The number of nitrogens with zero attached hydrogens (tertiary/aromatic N) is 4. The predicted molar refractivity (Wildman–Crippen MR) is 115 cm³/mol. The molecule has 3 heterocycles. The Bertz CT molecular complexity index is 1070. The zero-order chi connectivity index (χ0) is 22.0. The minimum Gasteiger partial charge on any atom is -0.363 e. The van der Waals surface area contributed by atoms with Crippen molar-refractivity contribution in [3.05, 3.63) is 57.3 Å². The van der Waals surface area contributed by atoms with Crippen LogP contribution in [0.25, 0.3) is 5.69 Å². The largest absolute Gasteiger partial charge is 0.363 e. The van der Waals surface area contributed by atoms with Crippen molar-refractivity contribution in [1.29, 1.82) is 0 Å². The fourth-order valence-electron chi connectivity index (χ4n) is 3.54. The molecule has 2 atom stereocenters. The van der Waals surface area contributed by atoms with Crippen molar-refractivity contribution in [3.63, 3.8) is 0 Å². The Morgan fingerprint density at radius 1 is 1.26 bits per heavy atom. The van der Waals surface area contributed by atoms with Crippen molar-refractivity contribution >= 4 is 23.2 Å². The lowest BCUT2D eigenvalue weighted by Crippen LogP contribution is -2.49. The van der Waals surface area contributed by atoms with E-state index in [-0.39, 0.29) is 18.4 Å². The van der Waals surface area contributed by atoms with Gasteiger partial charge < -0.3 is 15.4 Å². The number of aromatic nitrogens is 4. The Labute approximate surface area is 183 Å². The van der Waals surface area contributed by atoms with Crippen LogP contribution in [0, 0.1) is 20.8 Å². The van der Waals surface area contributed by atoms with Gasteiger partial charge in [-0.2, -0.15) is 0 Å². The van der Waals surface area contributed by atoms with Crippen LogP contribution in [0.2, 0.25) is 0 Å². The highest BCUT2D eigenvalue weighted by atomic mass is 32.1. The third kappa shape index (κ3) is 5.15. The van der Waals surface area contributed by atoms with Gasteiger partial charge in [0.25, 0.3) is 5.91 Å². The third-order valence-corrected chi connectivity index (χ3v) is 5.64. The van der Waals surface area contributed by atoms with Gasteiger partial charge in [0, 0.05) is 11.8 Å². The number of nitrogens with one attached hydrogen (secondary N) is 2. The van der Waals surface area contributed by atoms with E-state index >= 15 is 0 Å². The Balaban J connectivity index is 1.42. The number of thiazole rings is 1. The van der Waals surface area contributed by atoms with E-state index in [2.05, 4.69) is 45.0 Å². The Hall–Kier alpha value is -3.11. The molecule has 0 saturated carbocycles. The molecule has 2 N–H and O–H groups in total. The van der Waals surface area contributed by atoms with Crippen LogP contribution in [0.3, 0.4) is 0 Å². The molecular weight excluding hydrogens is 416 g/mol. The standard InChI is InChI=1S/C21H24N6O3S/c1-12-4-13(2)19(14(3)5-12)27-8-16(25-26-27)7-22-20(28)17(6-15-10-31-11-23-15)24-21(29)18-9-30-18/h4-5,8,10-11,17-18H,6-7,9H2,1-3H3,(H,22,28)(H,24,29). The van der Waals surface area contributed by atoms with Crippen molar-refractivity contribution in [1.82, 2.24) is 30.6 Å². The fraction of sp³-hybridized carbons (Fsp3) is 0.381. The number of aryl methyl sites for hydroxylation is 3. The minimum atomic E-state index is -0.740. The number of hydrogen-bond acceptors (Lipinski definition) is 7. The smallest absolute Gasteiger partial charge is 0.252 e. The van der Waals surface area contributed by atoms with E-state index in [0.717, 1.165) is 22.5 Å². The summed E-state index contributed by atoms with van der Waals surface area (Å²) in [6.07, 6.45) is 1.64. The summed E-state index contributed by atoms with van der Waals surface area (Å²) in [7, 11) is 0. The monoisotopic (exact) mass is 440 g/mol. The molecule has 31 heavy (non-hydrogen) atoms. The second-order valence-corrected chi connectivity index (χ2v) is 8.41. The highest BCUT2D eigenvalue weighted by molar-refractivity contribution is 7.07. The molecular formula is C21H24N6O3S. The van der Waals surface area contributed by atoms with Gasteiger partial charge in [0.15, 0.2) is 6.10 Å². The molecule has 0 aliphatic carbocycles. The molecule has 1 fully saturated rings. The van der Waals surface area contributed by atoms with Gasteiger partial charge in [-0.15, -0.1) is 16.4 Å². The van der Waals surface area contributed by atoms with Crippen LogP contribution in [-0.2, 0) is 27.3 Å². The quantitative estimate of drug-likeness (QED) is 0.512.